The third-order valence-corrected chi connectivity index (χ3v) is 6.73. The highest BCUT2D eigenvalue weighted by Crippen LogP contribution is 2.33. The predicted molar refractivity (Wildman–Crippen MR) is 125 cm³/mol. The number of nitrogens with zero attached hydrogens (tertiary/aromatic N) is 1. The number of para-hydroxylation sites is 1. The smallest absolute Gasteiger partial charge is 0.0740 e. The molecule has 4 heteroatoms. The van der Waals surface area contributed by atoms with E-state index in [0.29, 0.717) is 0 Å². The fourth-order valence-corrected chi connectivity index (χ4v) is 5.35. The molecule has 0 bridgehead atoms. The van der Waals surface area contributed by atoms with Crippen molar-refractivity contribution < 1.29 is 0 Å². The van der Waals surface area contributed by atoms with Crippen LogP contribution in [0.4, 0.5) is 5.69 Å². The molecule has 0 saturated carbocycles. The molecule has 28 heavy (non-hydrogen) atoms. The van der Waals surface area contributed by atoms with Gasteiger partial charge in [0.15, 0.2) is 0 Å². The summed E-state index contributed by atoms with van der Waals surface area (Å²) in [6.07, 6.45) is 10.3. The molecule has 0 aliphatic carbocycles. The lowest BCUT2D eigenvalue weighted by molar-refractivity contribution is 1.46. The molecule has 3 aliphatic rings. The van der Waals surface area contributed by atoms with Crippen molar-refractivity contribution in [2.75, 3.05) is 11.1 Å². The summed E-state index contributed by atoms with van der Waals surface area (Å²) in [5, 5.41) is 6.79. The van der Waals surface area contributed by atoms with Gasteiger partial charge in [-0.05, 0) is 46.9 Å². The fraction of sp³-hybridized carbons (Fsp3) is 0.0417. The molecule has 0 unspecified atom stereocenters. The van der Waals surface area contributed by atoms with Crippen LogP contribution in [0.1, 0.15) is 5.56 Å². The first-order valence-electron chi connectivity index (χ1n) is 9.17. The lowest BCUT2D eigenvalue weighted by atomic mass is 9.99. The molecule has 4 heterocycles. The van der Waals surface area contributed by atoms with Gasteiger partial charge in [-0.1, -0.05) is 42.5 Å². The highest BCUT2D eigenvalue weighted by molar-refractivity contribution is 8.08. The molecule has 1 N–H and O–H groups in total. The molecule has 2 aromatic carbocycles. The summed E-state index contributed by atoms with van der Waals surface area (Å²) in [5.74, 6) is 1.07. The summed E-state index contributed by atoms with van der Waals surface area (Å²) in [6.45, 7) is 0. The average Bonchev–Trinajstić information content (AvgIpc) is 3.31. The number of rotatable bonds is 0. The van der Waals surface area contributed by atoms with Crippen LogP contribution in [-0.4, -0.2) is 12.0 Å². The number of fused-ring (bicyclic) bond motifs is 5. The van der Waals surface area contributed by atoms with Crippen LogP contribution >= 0.6 is 23.1 Å². The van der Waals surface area contributed by atoms with Gasteiger partial charge < -0.3 is 5.32 Å². The summed E-state index contributed by atoms with van der Waals surface area (Å²) in [6, 6.07) is 19.0. The van der Waals surface area contributed by atoms with Crippen molar-refractivity contribution in [2.45, 2.75) is 0 Å². The Morgan fingerprint density at radius 3 is 2.75 bits per heavy atom. The summed E-state index contributed by atoms with van der Waals surface area (Å²) in [4.78, 5) is 5.75. The molecule has 0 atom stereocenters. The predicted octanol–water partition coefficient (Wildman–Crippen LogP) is 5.10. The van der Waals surface area contributed by atoms with Crippen LogP contribution in [0.25, 0.3) is 28.2 Å². The standard InChI is InChI=1S/C14H11N.C10H7NS2/c1-2-6-12-11(5-1)9-10-15-14-8-4-3-7-13(12)14;1-4-11-8-3-6-13-10(8)7-2-5-12-9(1)7/h1-10,15H;1-5H,6H2. The van der Waals surface area contributed by atoms with Crippen LogP contribution in [0, 0.1) is 0 Å². The van der Waals surface area contributed by atoms with Crippen molar-refractivity contribution in [2.24, 2.45) is 4.99 Å². The quantitative estimate of drug-likeness (QED) is 0.570. The fourth-order valence-electron chi connectivity index (χ4n) is 3.47. The number of nitrogens with one attached hydrogen (secondary N) is 1. The molecule has 3 aromatic rings. The molecule has 6 rings (SSSR count). The minimum Gasteiger partial charge on any atom is -0.361 e. The Balaban J connectivity index is 0.000000123. The van der Waals surface area contributed by atoms with Crippen molar-refractivity contribution in [3.05, 3.63) is 93.3 Å². The summed E-state index contributed by atoms with van der Waals surface area (Å²) < 4.78 is 1.33. The topological polar surface area (TPSA) is 24.4 Å². The second-order valence-corrected chi connectivity index (χ2v) is 8.46. The first-order valence-corrected chi connectivity index (χ1v) is 11.0. The van der Waals surface area contributed by atoms with Crippen molar-refractivity contribution in [3.8, 4) is 11.1 Å². The number of anilines is 1. The number of hydrogen-bond donors (Lipinski definition) is 1. The number of benzene rings is 2. The van der Waals surface area contributed by atoms with Gasteiger partial charge in [0.1, 0.15) is 0 Å². The maximum Gasteiger partial charge on any atom is 0.0740 e. The Morgan fingerprint density at radius 2 is 1.79 bits per heavy atom. The van der Waals surface area contributed by atoms with E-state index in [1.807, 2.05) is 30.2 Å². The van der Waals surface area contributed by atoms with Crippen LogP contribution in [0.3, 0.4) is 0 Å². The molecule has 0 saturated heterocycles. The van der Waals surface area contributed by atoms with E-state index < -0.39 is 0 Å². The zero-order valence-electron chi connectivity index (χ0n) is 15.1. The SMILES string of the molecule is C1=Cc2ccccc2-c2ccccc2N1.C1=NC2=CCSC2=c2ccsc2=C1. The van der Waals surface area contributed by atoms with Crippen LogP contribution in [0.15, 0.2) is 82.9 Å². The Hall–Kier alpha value is -2.82. The second-order valence-electron chi connectivity index (χ2n) is 6.48. The van der Waals surface area contributed by atoms with Gasteiger partial charge in [0.25, 0.3) is 0 Å². The number of thiophene rings is 1. The molecule has 3 aliphatic heterocycles. The molecule has 0 spiro atoms. The minimum atomic E-state index is 1.07. The number of thioether (sulfide) groups is 1. The second kappa shape index (κ2) is 7.66. The van der Waals surface area contributed by atoms with Crippen LogP contribution < -0.4 is 15.1 Å². The van der Waals surface area contributed by atoms with E-state index in [1.165, 1.54) is 37.0 Å². The minimum absolute atomic E-state index is 1.07. The average molecular weight is 399 g/mol. The van der Waals surface area contributed by atoms with E-state index in [-0.39, 0.29) is 0 Å². The molecule has 0 amide bonds. The van der Waals surface area contributed by atoms with E-state index in [2.05, 4.69) is 82.4 Å². The van der Waals surface area contributed by atoms with Crippen molar-refractivity contribution in [1.29, 1.82) is 0 Å². The van der Waals surface area contributed by atoms with Gasteiger partial charge in [0, 0.05) is 44.1 Å². The van der Waals surface area contributed by atoms with Gasteiger partial charge >= 0.3 is 0 Å². The summed E-state index contributed by atoms with van der Waals surface area (Å²) >= 11 is 3.66. The van der Waals surface area contributed by atoms with Gasteiger partial charge in [-0.25, -0.2) is 0 Å². The van der Waals surface area contributed by atoms with Gasteiger partial charge in [-0.15, -0.1) is 23.1 Å². The van der Waals surface area contributed by atoms with Crippen LogP contribution in [-0.2, 0) is 0 Å². The van der Waals surface area contributed by atoms with E-state index in [4.69, 9.17) is 0 Å². The highest BCUT2D eigenvalue weighted by atomic mass is 32.2. The molecule has 0 fully saturated rings. The Kier molecular flexibility index (Phi) is 4.73. The molecule has 0 radical (unpaired) electrons. The van der Waals surface area contributed by atoms with Crippen molar-refractivity contribution in [3.63, 3.8) is 0 Å². The third kappa shape index (κ3) is 3.26. The van der Waals surface area contributed by atoms with E-state index >= 15 is 0 Å². The molecular weight excluding hydrogens is 380 g/mol. The summed E-state index contributed by atoms with van der Waals surface area (Å²) in [7, 11) is 0. The van der Waals surface area contributed by atoms with Crippen LogP contribution in [0.2, 0.25) is 0 Å². The molecule has 1 aromatic heterocycles. The highest BCUT2D eigenvalue weighted by Gasteiger charge is 2.13. The first-order chi connectivity index (χ1) is 13.9. The molecule has 136 valence electrons. The Bertz CT molecular complexity index is 1250. The summed E-state index contributed by atoms with van der Waals surface area (Å²) in [5.41, 5.74) is 6.12. The molecular formula is C24H18N2S2. The first kappa shape index (κ1) is 17.3. The number of aliphatic imine (C=N–C) groups is 1. The van der Waals surface area contributed by atoms with Gasteiger partial charge in [-0.3, -0.25) is 4.99 Å². The normalized spacial score (nSPS) is 15.3. The Morgan fingerprint density at radius 1 is 0.929 bits per heavy atom. The van der Waals surface area contributed by atoms with Crippen molar-refractivity contribution in [1.82, 2.24) is 0 Å². The van der Waals surface area contributed by atoms with Crippen molar-refractivity contribution >= 4 is 52.1 Å². The maximum absolute atomic E-state index is 4.40. The van der Waals surface area contributed by atoms with E-state index in [1.54, 1.807) is 11.3 Å². The molecule has 2 nitrogen and oxygen atoms in total. The van der Waals surface area contributed by atoms with Gasteiger partial charge in [-0.2, -0.15) is 0 Å². The number of hydrogen-bond acceptors (Lipinski definition) is 4. The monoisotopic (exact) mass is 398 g/mol. The largest absolute Gasteiger partial charge is 0.361 e. The Labute approximate surface area is 172 Å². The lowest BCUT2D eigenvalue weighted by Gasteiger charge is -2.08. The van der Waals surface area contributed by atoms with Gasteiger partial charge in [0.05, 0.1) is 5.70 Å². The van der Waals surface area contributed by atoms with E-state index in [9.17, 15) is 0 Å². The van der Waals surface area contributed by atoms with E-state index in [0.717, 1.165) is 11.4 Å². The van der Waals surface area contributed by atoms with Crippen LogP contribution in [0.5, 0.6) is 0 Å². The lowest BCUT2D eigenvalue weighted by Crippen LogP contribution is -2.19. The maximum atomic E-state index is 4.40. The zero-order valence-corrected chi connectivity index (χ0v) is 16.8. The zero-order chi connectivity index (χ0) is 18.8. The third-order valence-electron chi connectivity index (χ3n) is 4.80. The van der Waals surface area contributed by atoms with Gasteiger partial charge in [0.2, 0.25) is 0 Å².